The Morgan fingerprint density at radius 2 is 1.61 bits per heavy atom. The zero-order chi connectivity index (χ0) is 16.0. The first-order valence-electron chi connectivity index (χ1n) is 7.32. The van der Waals surface area contributed by atoms with E-state index in [9.17, 15) is 8.42 Å². The van der Waals surface area contributed by atoms with Crippen molar-refractivity contribution in [2.45, 2.75) is 18.0 Å². The molecule has 1 aliphatic rings. The molecule has 0 aromatic heterocycles. The zero-order valence-corrected chi connectivity index (χ0v) is 13.3. The Morgan fingerprint density at radius 1 is 0.913 bits per heavy atom. The third kappa shape index (κ3) is 2.53. The van der Waals surface area contributed by atoms with Crippen molar-refractivity contribution in [1.82, 2.24) is 4.47 Å². The first-order chi connectivity index (χ1) is 11.1. The van der Waals surface area contributed by atoms with Crippen LogP contribution in [0.25, 0.3) is 10.8 Å². The molecule has 0 bridgehead atoms. The van der Waals surface area contributed by atoms with Crippen LogP contribution in [0.3, 0.4) is 0 Å². The fourth-order valence-corrected chi connectivity index (χ4v) is 3.87. The van der Waals surface area contributed by atoms with E-state index in [0.717, 1.165) is 26.4 Å². The number of nitrogens with zero attached hydrogens (tertiary/aromatic N) is 1. The molecule has 4 nitrogen and oxygen atoms in total. The van der Waals surface area contributed by atoms with E-state index in [0.29, 0.717) is 0 Å². The summed E-state index contributed by atoms with van der Waals surface area (Å²) in [7, 11) is -3.62. The summed E-state index contributed by atoms with van der Waals surface area (Å²) >= 11 is 0. The second-order valence-corrected chi connectivity index (χ2v) is 7.42. The lowest BCUT2D eigenvalue weighted by atomic mass is 10.1. The molecule has 1 fully saturated rings. The van der Waals surface area contributed by atoms with Crippen LogP contribution in [-0.2, 0) is 14.9 Å². The molecule has 4 rings (SSSR count). The van der Waals surface area contributed by atoms with E-state index in [1.54, 1.807) is 24.3 Å². The van der Waals surface area contributed by atoms with Gasteiger partial charge in [0.2, 0.25) is 0 Å². The molecule has 0 spiro atoms. The van der Waals surface area contributed by atoms with Gasteiger partial charge in [0.25, 0.3) is 10.0 Å². The van der Waals surface area contributed by atoms with Crippen molar-refractivity contribution < 1.29 is 13.3 Å². The molecule has 0 radical (unpaired) electrons. The number of aryl methyl sites for hydroxylation is 1. The maximum Gasteiger partial charge on any atom is 0.267 e. The molecule has 3 aromatic carbocycles. The first-order valence-corrected chi connectivity index (χ1v) is 8.76. The van der Waals surface area contributed by atoms with Crippen molar-refractivity contribution >= 4 is 20.8 Å². The molecule has 0 N–H and O–H groups in total. The van der Waals surface area contributed by atoms with Crippen LogP contribution in [0.4, 0.5) is 0 Å². The molecular weight excluding hydrogens is 310 g/mol. The van der Waals surface area contributed by atoms with Gasteiger partial charge >= 0.3 is 0 Å². The standard InChI is InChI=1S/C18H15NO3S/c1-13-6-10-17(11-7-13)23(20,21)19-18(22-19)16-9-8-14-4-2-3-5-15(14)12-16/h2-12,18H,1H3. The highest BCUT2D eigenvalue weighted by molar-refractivity contribution is 7.89. The highest BCUT2D eigenvalue weighted by Crippen LogP contribution is 2.42. The van der Waals surface area contributed by atoms with E-state index in [-0.39, 0.29) is 4.90 Å². The maximum atomic E-state index is 12.6. The van der Waals surface area contributed by atoms with Crippen molar-refractivity contribution in [1.29, 1.82) is 0 Å². The fraction of sp³-hybridized carbons (Fsp3) is 0.111. The van der Waals surface area contributed by atoms with Crippen molar-refractivity contribution in [2.75, 3.05) is 0 Å². The Balaban J connectivity index is 1.64. The van der Waals surface area contributed by atoms with Gasteiger partial charge in [0.05, 0.1) is 4.90 Å². The second-order valence-electron chi connectivity index (χ2n) is 5.64. The summed E-state index contributed by atoms with van der Waals surface area (Å²) in [6, 6.07) is 20.6. The molecule has 0 aliphatic carbocycles. The van der Waals surface area contributed by atoms with Crippen molar-refractivity contribution in [3.8, 4) is 0 Å². The van der Waals surface area contributed by atoms with Crippen molar-refractivity contribution in [3.63, 3.8) is 0 Å². The van der Waals surface area contributed by atoms with Crippen LogP contribution < -0.4 is 0 Å². The van der Waals surface area contributed by atoms with E-state index in [1.165, 1.54) is 0 Å². The van der Waals surface area contributed by atoms with Crippen LogP contribution in [0.5, 0.6) is 0 Å². The van der Waals surface area contributed by atoms with E-state index in [1.807, 2.05) is 49.4 Å². The number of hydrogen-bond donors (Lipinski definition) is 0. The predicted molar refractivity (Wildman–Crippen MR) is 88.0 cm³/mol. The Labute approximate surface area is 134 Å². The Kier molecular flexibility index (Phi) is 3.23. The van der Waals surface area contributed by atoms with Gasteiger partial charge in [0.1, 0.15) is 0 Å². The number of sulfonamides is 1. The summed E-state index contributed by atoms with van der Waals surface area (Å²) in [6.45, 7) is 1.92. The molecule has 0 saturated carbocycles. The molecule has 1 saturated heterocycles. The fourth-order valence-electron chi connectivity index (χ4n) is 2.61. The van der Waals surface area contributed by atoms with Gasteiger partial charge in [0, 0.05) is 5.56 Å². The Hall–Kier alpha value is -2.21. The summed E-state index contributed by atoms with van der Waals surface area (Å²) < 4.78 is 26.2. The van der Waals surface area contributed by atoms with Gasteiger partial charge in [-0.25, -0.2) is 8.42 Å². The quantitative estimate of drug-likeness (QED) is 0.689. The minimum absolute atomic E-state index is 0.242. The monoisotopic (exact) mass is 325 g/mol. The molecule has 23 heavy (non-hydrogen) atoms. The number of hydrogen-bond acceptors (Lipinski definition) is 3. The van der Waals surface area contributed by atoms with E-state index < -0.39 is 16.3 Å². The number of benzene rings is 3. The predicted octanol–water partition coefficient (Wildman–Crippen LogP) is 3.78. The highest BCUT2D eigenvalue weighted by atomic mass is 32.2. The topological polar surface area (TPSA) is 49.7 Å². The lowest BCUT2D eigenvalue weighted by molar-refractivity contribution is 0.283. The van der Waals surface area contributed by atoms with Crippen LogP contribution in [0.1, 0.15) is 17.4 Å². The van der Waals surface area contributed by atoms with Gasteiger partial charge in [-0.05, 0) is 40.4 Å². The normalized spacial score (nSPS) is 20.6. The van der Waals surface area contributed by atoms with Crippen LogP contribution >= 0.6 is 0 Å². The molecule has 2 atom stereocenters. The smallest absolute Gasteiger partial charge is 0.253 e. The van der Waals surface area contributed by atoms with E-state index in [4.69, 9.17) is 4.84 Å². The molecule has 1 aliphatic heterocycles. The van der Waals surface area contributed by atoms with E-state index in [2.05, 4.69) is 0 Å². The van der Waals surface area contributed by atoms with Gasteiger partial charge in [0.15, 0.2) is 6.23 Å². The van der Waals surface area contributed by atoms with Crippen LogP contribution in [0.15, 0.2) is 71.6 Å². The third-order valence-corrected chi connectivity index (χ3v) is 5.58. The SMILES string of the molecule is Cc1ccc(S(=O)(=O)N2OC2c2ccc3ccccc3c2)cc1. The lowest BCUT2D eigenvalue weighted by Gasteiger charge is -2.04. The van der Waals surface area contributed by atoms with Crippen molar-refractivity contribution in [2.24, 2.45) is 0 Å². The number of fused-ring (bicyclic) bond motifs is 1. The average molecular weight is 325 g/mol. The second kappa shape index (κ2) is 5.16. The molecule has 116 valence electrons. The molecule has 5 heteroatoms. The summed E-state index contributed by atoms with van der Waals surface area (Å²) in [5.74, 6) is 0. The molecule has 0 amide bonds. The third-order valence-electron chi connectivity index (χ3n) is 3.96. The molecular formula is C18H15NO3S. The maximum absolute atomic E-state index is 12.6. The average Bonchev–Trinajstić information content (AvgIpc) is 3.36. The highest BCUT2D eigenvalue weighted by Gasteiger charge is 2.48. The van der Waals surface area contributed by atoms with Crippen LogP contribution in [0.2, 0.25) is 0 Å². The van der Waals surface area contributed by atoms with Gasteiger partial charge in [-0.3, -0.25) is 4.84 Å². The molecule has 1 heterocycles. The number of rotatable bonds is 3. The Bertz CT molecular complexity index is 981. The molecule has 3 aromatic rings. The van der Waals surface area contributed by atoms with Gasteiger partial charge in [-0.1, -0.05) is 54.1 Å². The largest absolute Gasteiger partial charge is 0.267 e. The van der Waals surface area contributed by atoms with Gasteiger partial charge in [-0.2, -0.15) is 0 Å². The van der Waals surface area contributed by atoms with Gasteiger partial charge in [-0.15, -0.1) is 0 Å². The van der Waals surface area contributed by atoms with Crippen LogP contribution in [0, 0.1) is 6.92 Å². The number of hydroxylamine groups is 1. The first kappa shape index (κ1) is 14.4. The van der Waals surface area contributed by atoms with Crippen molar-refractivity contribution in [3.05, 3.63) is 77.9 Å². The lowest BCUT2D eigenvalue weighted by Crippen LogP contribution is -2.12. The summed E-state index contributed by atoms with van der Waals surface area (Å²) in [6.07, 6.45) is -0.550. The van der Waals surface area contributed by atoms with Crippen LogP contribution in [-0.4, -0.2) is 12.9 Å². The summed E-state index contributed by atoms with van der Waals surface area (Å²) in [5, 5.41) is 2.18. The minimum atomic E-state index is -3.62. The molecule has 2 unspecified atom stereocenters. The van der Waals surface area contributed by atoms with Gasteiger partial charge < -0.3 is 0 Å². The minimum Gasteiger partial charge on any atom is -0.253 e. The van der Waals surface area contributed by atoms with E-state index >= 15 is 0 Å². The Morgan fingerprint density at radius 3 is 2.35 bits per heavy atom. The summed E-state index contributed by atoms with van der Waals surface area (Å²) in [5.41, 5.74) is 1.85. The zero-order valence-electron chi connectivity index (χ0n) is 12.5. The summed E-state index contributed by atoms with van der Waals surface area (Å²) in [4.78, 5) is 5.59.